The molecule has 0 atom stereocenters. The highest BCUT2D eigenvalue weighted by Gasteiger charge is 2.20. The molecule has 0 aliphatic heterocycles. The molecule has 0 radical (unpaired) electrons. The number of nitrogens with zero attached hydrogens (tertiary/aromatic N) is 1. The maximum Gasteiger partial charge on any atom is 0.209 e. The Kier molecular flexibility index (Phi) is 3.35. The van der Waals surface area contributed by atoms with E-state index in [-0.39, 0.29) is 11.3 Å². The number of anilines is 1. The Morgan fingerprint density at radius 2 is 1.85 bits per heavy atom. The van der Waals surface area contributed by atoms with E-state index in [1.807, 2.05) is 19.9 Å². The zero-order valence-electron chi connectivity index (χ0n) is 12.7. The van der Waals surface area contributed by atoms with Gasteiger partial charge in [-0.15, -0.1) is 0 Å². The van der Waals surface area contributed by atoms with Gasteiger partial charge in [-0.3, -0.25) is 0 Å². The standard InChI is InChI=1S/C17H20N2O/c1-10-8-12(17(3,4)5)6-7-13(10)15-11(2)20-16(19)14(15)9-18/h6-8H,19H2,1-5H3. The van der Waals surface area contributed by atoms with Crippen LogP contribution in [0, 0.1) is 25.2 Å². The Hall–Kier alpha value is -2.21. The third kappa shape index (κ3) is 2.30. The average Bonchev–Trinajstić information content (AvgIpc) is 2.62. The minimum absolute atomic E-state index is 0.103. The van der Waals surface area contributed by atoms with Crippen molar-refractivity contribution in [1.82, 2.24) is 0 Å². The summed E-state index contributed by atoms with van der Waals surface area (Å²) < 4.78 is 5.40. The quantitative estimate of drug-likeness (QED) is 0.838. The number of nitriles is 1. The molecule has 1 aromatic heterocycles. The average molecular weight is 268 g/mol. The normalized spacial score (nSPS) is 11.4. The molecule has 2 N–H and O–H groups in total. The van der Waals surface area contributed by atoms with Gasteiger partial charge in [-0.1, -0.05) is 39.0 Å². The van der Waals surface area contributed by atoms with Gasteiger partial charge < -0.3 is 10.2 Å². The summed E-state index contributed by atoms with van der Waals surface area (Å²) in [5.74, 6) is 0.880. The van der Waals surface area contributed by atoms with Gasteiger partial charge in [0.1, 0.15) is 17.4 Å². The third-order valence-electron chi connectivity index (χ3n) is 3.59. The smallest absolute Gasteiger partial charge is 0.209 e. The van der Waals surface area contributed by atoms with Crippen LogP contribution in [0.4, 0.5) is 5.88 Å². The van der Waals surface area contributed by atoms with Crippen molar-refractivity contribution < 1.29 is 4.42 Å². The molecule has 0 aliphatic carbocycles. The number of aryl methyl sites for hydroxylation is 2. The Bertz CT molecular complexity index is 697. The largest absolute Gasteiger partial charge is 0.444 e. The maximum absolute atomic E-state index is 9.26. The lowest BCUT2D eigenvalue weighted by Crippen LogP contribution is -2.11. The van der Waals surface area contributed by atoms with Gasteiger partial charge in [0.05, 0.1) is 0 Å². The van der Waals surface area contributed by atoms with Gasteiger partial charge in [0.2, 0.25) is 5.88 Å². The van der Waals surface area contributed by atoms with E-state index in [0.29, 0.717) is 11.3 Å². The van der Waals surface area contributed by atoms with Crippen LogP contribution in [0.15, 0.2) is 22.6 Å². The second-order valence-electron chi connectivity index (χ2n) is 6.16. The van der Waals surface area contributed by atoms with Gasteiger partial charge in [-0.2, -0.15) is 5.26 Å². The lowest BCUT2D eigenvalue weighted by atomic mass is 9.84. The highest BCUT2D eigenvalue weighted by atomic mass is 16.4. The Morgan fingerprint density at radius 1 is 1.20 bits per heavy atom. The first-order valence-corrected chi connectivity index (χ1v) is 6.66. The lowest BCUT2D eigenvalue weighted by molar-refractivity contribution is 0.554. The van der Waals surface area contributed by atoms with Gasteiger partial charge in [0, 0.05) is 5.56 Å². The first-order valence-electron chi connectivity index (χ1n) is 6.66. The van der Waals surface area contributed by atoms with Crippen LogP contribution in [0.2, 0.25) is 0 Å². The summed E-state index contributed by atoms with van der Waals surface area (Å²) in [6.07, 6.45) is 0. The van der Waals surface area contributed by atoms with Crippen LogP contribution >= 0.6 is 0 Å². The molecule has 1 aromatic carbocycles. The van der Waals surface area contributed by atoms with Crippen LogP contribution in [-0.2, 0) is 5.41 Å². The molecule has 20 heavy (non-hydrogen) atoms. The second-order valence-corrected chi connectivity index (χ2v) is 6.16. The molecule has 0 spiro atoms. The van der Waals surface area contributed by atoms with Gasteiger partial charge in [0.25, 0.3) is 0 Å². The van der Waals surface area contributed by atoms with Crippen LogP contribution in [0.25, 0.3) is 11.1 Å². The zero-order chi connectivity index (χ0) is 15.1. The highest BCUT2D eigenvalue weighted by Crippen LogP contribution is 2.36. The van der Waals surface area contributed by atoms with E-state index in [4.69, 9.17) is 10.2 Å². The van der Waals surface area contributed by atoms with Crippen molar-refractivity contribution in [2.75, 3.05) is 5.73 Å². The fourth-order valence-electron chi connectivity index (χ4n) is 2.41. The van der Waals surface area contributed by atoms with Gasteiger partial charge in [-0.25, -0.2) is 0 Å². The van der Waals surface area contributed by atoms with E-state index in [1.54, 1.807) is 0 Å². The number of nitrogen functional groups attached to an aromatic ring is 1. The first-order chi connectivity index (χ1) is 9.25. The number of rotatable bonds is 1. The van der Waals surface area contributed by atoms with E-state index in [1.165, 1.54) is 5.56 Å². The number of furan rings is 1. The Balaban J connectivity index is 2.64. The van der Waals surface area contributed by atoms with Gasteiger partial charge >= 0.3 is 0 Å². The van der Waals surface area contributed by atoms with Gasteiger partial charge in [0.15, 0.2) is 0 Å². The summed E-state index contributed by atoms with van der Waals surface area (Å²) >= 11 is 0. The predicted octanol–water partition coefficient (Wildman–Crippen LogP) is 4.31. The fourth-order valence-corrected chi connectivity index (χ4v) is 2.41. The number of benzene rings is 1. The van der Waals surface area contributed by atoms with Crippen LogP contribution in [0.5, 0.6) is 0 Å². The molecule has 0 saturated carbocycles. The van der Waals surface area contributed by atoms with Crippen molar-refractivity contribution in [3.63, 3.8) is 0 Å². The molecule has 0 saturated heterocycles. The Morgan fingerprint density at radius 3 is 2.35 bits per heavy atom. The van der Waals surface area contributed by atoms with Crippen molar-refractivity contribution in [1.29, 1.82) is 5.26 Å². The van der Waals surface area contributed by atoms with E-state index >= 15 is 0 Å². The summed E-state index contributed by atoms with van der Waals surface area (Å²) in [5, 5.41) is 9.26. The van der Waals surface area contributed by atoms with Crippen molar-refractivity contribution in [3.05, 3.63) is 40.6 Å². The zero-order valence-corrected chi connectivity index (χ0v) is 12.7. The molecule has 3 heteroatoms. The van der Waals surface area contributed by atoms with Crippen LogP contribution in [0.3, 0.4) is 0 Å². The molecule has 3 nitrogen and oxygen atoms in total. The molecular formula is C17H20N2O. The summed E-state index contributed by atoms with van der Waals surface area (Å²) in [6, 6.07) is 8.46. The van der Waals surface area contributed by atoms with Crippen molar-refractivity contribution in [2.24, 2.45) is 0 Å². The maximum atomic E-state index is 9.26. The SMILES string of the molecule is Cc1cc(C(C)(C)C)ccc1-c1c(C)oc(N)c1C#N. The topological polar surface area (TPSA) is 62.9 Å². The molecule has 0 amide bonds. The third-order valence-corrected chi connectivity index (χ3v) is 3.59. The molecule has 0 unspecified atom stereocenters. The Labute approximate surface area is 120 Å². The highest BCUT2D eigenvalue weighted by molar-refractivity contribution is 5.79. The minimum atomic E-state index is 0.103. The van der Waals surface area contributed by atoms with Crippen molar-refractivity contribution in [2.45, 2.75) is 40.0 Å². The van der Waals surface area contributed by atoms with Crippen molar-refractivity contribution in [3.8, 4) is 17.2 Å². The molecule has 2 aromatic rings. The van der Waals surface area contributed by atoms with E-state index < -0.39 is 0 Å². The molecular weight excluding hydrogens is 248 g/mol. The lowest BCUT2D eigenvalue weighted by Gasteiger charge is -2.20. The summed E-state index contributed by atoms with van der Waals surface area (Å²) in [4.78, 5) is 0. The molecule has 2 rings (SSSR count). The van der Waals surface area contributed by atoms with E-state index in [9.17, 15) is 5.26 Å². The molecule has 1 heterocycles. The summed E-state index contributed by atoms with van der Waals surface area (Å²) in [7, 11) is 0. The summed E-state index contributed by atoms with van der Waals surface area (Å²) in [5.41, 5.74) is 10.5. The second kappa shape index (κ2) is 4.72. The number of nitrogens with two attached hydrogens (primary N) is 1. The number of hydrogen-bond acceptors (Lipinski definition) is 3. The van der Waals surface area contributed by atoms with E-state index in [0.717, 1.165) is 16.7 Å². The predicted molar refractivity (Wildman–Crippen MR) is 81.4 cm³/mol. The first kappa shape index (κ1) is 14.2. The van der Waals surface area contributed by atoms with Crippen molar-refractivity contribution >= 4 is 5.88 Å². The number of hydrogen-bond donors (Lipinski definition) is 1. The van der Waals surface area contributed by atoms with Crippen LogP contribution in [-0.4, -0.2) is 0 Å². The van der Waals surface area contributed by atoms with Crippen LogP contribution in [0.1, 0.15) is 43.2 Å². The van der Waals surface area contributed by atoms with Gasteiger partial charge in [-0.05, 0) is 36.0 Å². The molecule has 0 bridgehead atoms. The summed E-state index contributed by atoms with van der Waals surface area (Å²) in [6.45, 7) is 10.4. The minimum Gasteiger partial charge on any atom is -0.444 e. The molecule has 0 aliphatic rings. The van der Waals surface area contributed by atoms with E-state index in [2.05, 4.69) is 39.0 Å². The molecule has 0 fully saturated rings. The van der Waals surface area contributed by atoms with Crippen LogP contribution < -0.4 is 5.73 Å². The fraction of sp³-hybridized carbons (Fsp3) is 0.353. The molecule has 104 valence electrons. The monoisotopic (exact) mass is 268 g/mol.